The van der Waals surface area contributed by atoms with E-state index < -0.39 is 5.91 Å². The molecule has 0 fully saturated rings. The van der Waals surface area contributed by atoms with Crippen molar-refractivity contribution in [2.45, 2.75) is 6.92 Å². The van der Waals surface area contributed by atoms with Crippen LogP contribution in [0.1, 0.15) is 17.3 Å². The van der Waals surface area contributed by atoms with Crippen molar-refractivity contribution < 1.29 is 9.63 Å². The van der Waals surface area contributed by atoms with Crippen LogP contribution in [0.3, 0.4) is 0 Å². The maximum Gasteiger partial charge on any atom is 0.283 e. The lowest BCUT2D eigenvalue weighted by Crippen LogP contribution is -2.27. The molecule has 0 spiro atoms. The first-order valence-corrected chi connectivity index (χ1v) is 3.81. The number of amides is 1. The second-order valence-corrected chi connectivity index (χ2v) is 2.36. The van der Waals surface area contributed by atoms with Crippen LogP contribution < -0.4 is 16.1 Å². The summed E-state index contributed by atoms with van der Waals surface area (Å²) in [5.41, 5.74) is 4.94. The SMILES string of the molecule is CCOn1cc(C(N)=O)ccc1=O. The summed E-state index contributed by atoms with van der Waals surface area (Å²) in [5, 5.41) is 0. The lowest BCUT2D eigenvalue weighted by atomic mass is 10.3. The van der Waals surface area contributed by atoms with E-state index in [1.54, 1.807) is 6.92 Å². The van der Waals surface area contributed by atoms with Gasteiger partial charge < -0.3 is 10.6 Å². The zero-order chi connectivity index (χ0) is 9.84. The van der Waals surface area contributed by atoms with Gasteiger partial charge in [-0.3, -0.25) is 9.59 Å². The average molecular weight is 182 g/mol. The molecule has 0 aliphatic carbocycles. The van der Waals surface area contributed by atoms with Gasteiger partial charge in [0.05, 0.1) is 11.8 Å². The normalized spacial score (nSPS) is 9.62. The van der Waals surface area contributed by atoms with Gasteiger partial charge in [-0.15, -0.1) is 0 Å². The van der Waals surface area contributed by atoms with Crippen LogP contribution in [0.15, 0.2) is 23.1 Å². The predicted molar refractivity (Wildman–Crippen MR) is 46.3 cm³/mol. The van der Waals surface area contributed by atoms with Crippen molar-refractivity contribution in [3.63, 3.8) is 0 Å². The molecular formula is C8H10N2O3. The molecular weight excluding hydrogens is 172 g/mol. The Labute approximate surface area is 74.7 Å². The van der Waals surface area contributed by atoms with Crippen molar-refractivity contribution in [3.8, 4) is 0 Å². The highest BCUT2D eigenvalue weighted by Crippen LogP contribution is 1.92. The van der Waals surface area contributed by atoms with E-state index in [0.717, 1.165) is 4.73 Å². The summed E-state index contributed by atoms with van der Waals surface area (Å²) in [6.07, 6.45) is 1.27. The number of rotatable bonds is 3. The Morgan fingerprint density at radius 3 is 2.85 bits per heavy atom. The molecule has 0 atom stereocenters. The van der Waals surface area contributed by atoms with Crippen LogP contribution >= 0.6 is 0 Å². The lowest BCUT2D eigenvalue weighted by molar-refractivity contribution is 0.0975. The van der Waals surface area contributed by atoms with Crippen molar-refractivity contribution in [2.24, 2.45) is 5.73 Å². The molecule has 5 nitrogen and oxygen atoms in total. The highest BCUT2D eigenvalue weighted by atomic mass is 16.7. The van der Waals surface area contributed by atoms with Gasteiger partial charge in [-0.05, 0) is 13.0 Å². The number of primary amides is 1. The number of carbonyl (C=O) groups is 1. The molecule has 0 bridgehead atoms. The number of nitrogens with two attached hydrogens (primary N) is 1. The average Bonchev–Trinajstić information content (AvgIpc) is 2.08. The molecule has 0 aromatic carbocycles. The molecule has 0 aliphatic rings. The molecule has 13 heavy (non-hydrogen) atoms. The fourth-order valence-electron chi connectivity index (χ4n) is 0.853. The van der Waals surface area contributed by atoms with Crippen LogP contribution in [0.25, 0.3) is 0 Å². The third-order valence-corrected chi connectivity index (χ3v) is 1.43. The number of hydrogen-bond donors (Lipinski definition) is 1. The fourth-order valence-corrected chi connectivity index (χ4v) is 0.853. The van der Waals surface area contributed by atoms with Crippen LogP contribution in [0.5, 0.6) is 0 Å². The van der Waals surface area contributed by atoms with Crippen LogP contribution in [0.2, 0.25) is 0 Å². The standard InChI is InChI=1S/C8H10N2O3/c1-2-13-10-5-6(8(9)12)3-4-7(10)11/h3-5H,2H2,1H3,(H2,9,12). The molecule has 2 N–H and O–H groups in total. The number of pyridine rings is 1. The third kappa shape index (κ3) is 2.08. The van der Waals surface area contributed by atoms with Gasteiger partial charge >= 0.3 is 0 Å². The summed E-state index contributed by atoms with van der Waals surface area (Å²) >= 11 is 0. The molecule has 1 heterocycles. The smallest absolute Gasteiger partial charge is 0.283 e. The number of aromatic nitrogens is 1. The summed E-state index contributed by atoms with van der Waals surface area (Å²) in [6, 6.07) is 2.59. The highest BCUT2D eigenvalue weighted by molar-refractivity contribution is 5.92. The van der Waals surface area contributed by atoms with E-state index in [1.165, 1.54) is 18.3 Å². The van der Waals surface area contributed by atoms with Gasteiger partial charge in [-0.25, -0.2) is 0 Å². The van der Waals surface area contributed by atoms with Crippen LogP contribution in [0.4, 0.5) is 0 Å². The van der Waals surface area contributed by atoms with Crippen molar-refractivity contribution in [1.29, 1.82) is 0 Å². The van der Waals surface area contributed by atoms with Crippen LogP contribution in [0, 0.1) is 0 Å². The van der Waals surface area contributed by atoms with Crippen molar-refractivity contribution in [2.75, 3.05) is 6.61 Å². The van der Waals surface area contributed by atoms with Crippen LogP contribution in [-0.4, -0.2) is 17.2 Å². The summed E-state index contributed by atoms with van der Waals surface area (Å²) < 4.78 is 0.986. The second-order valence-electron chi connectivity index (χ2n) is 2.36. The third-order valence-electron chi connectivity index (χ3n) is 1.43. The summed E-state index contributed by atoms with van der Waals surface area (Å²) in [5.74, 6) is -0.589. The molecule has 1 rings (SSSR count). The van der Waals surface area contributed by atoms with Gasteiger partial charge in [0.1, 0.15) is 6.61 Å². The van der Waals surface area contributed by atoms with Crippen molar-refractivity contribution in [1.82, 2.24) is 4.73 Å². The van der Waals surface area contributed by atoms with Gasteiger partial charge in [0.15, 0.2) is 0 Å². The van der Waals surface area contributed by atoms with Gasteiger partial charge in [-0.2, -0.15) is 4.73 Å². The lowest BCUT2D eigenvalue weighted by Gasteiger charge is -2.05. The Kier molecular flexibility index (Phi) is 2.69. The van der Waals surface area contributed by atoms with E-state index in [0.29, 0.717) is 6.61 Å². The van der Waals surface area contributed by atoms with Gasteiger partial charge in [0, 0.05) is 6.07 Å². The molecule has 5 heteroatoms. The maximum atomic E-state index is 11.1. The van der Waals surface area contributed by atoms with E-state index in [4.69, 9.17) is 10.6 Å². The zero-order valence-electron chi connectivity index (χ0n) is 7.19. The first-order chi connectivity index (χ1) is 6.15. The van der Waals surface area contributed by atoms with E-state index >= 15 is 0 Å². The topological polar surface area (TPSA) is 74.3 Å². The first kappa shape index (κ1) is 9.31. The fraction of sp³-hybridized carbons (Fsp3) is 0.250. The minimum atomic E-state index is -0.589. The molecule has 1 aromatic heterocycles. The Hall–Kier alpha value is -1.78. The van der Waals surface area contributed by atoms with Crippen LogP contribution in [-0.2, 0) is 0 Å². The zero-order valence-corrected chi connectivity index (χ0v) is 7.19. The summed E-state index contributed by atoms with van der Waals surface area (Å²) in [7, 11) is 0. The molecule has 0 aliphatic heterocycles. The molecule has 0 saturated heterocycles. The molecule has 0 unspecified atom stereocenters. The second kappa shape index (κ2) is 3.75. The monoisotopic (exact) mass is 182 g/mol. The summed E-state index contributed by atoms with van der Waals surface area (Å²) in [4.78, 5) is 26.7. The minimum absolute atomic E-state index is 0.244. The minimum Gasteiger partial charge on any atom is -0.411 e. The van der Waals surface area contributed by atoms with E-state index in [1.807, 2.05) is 0 Å². The molecule has 1 aromatic rings. The van der Waals surface area contributed by atoms with Crippen molar-refractivity contribution >= 4 is 5.91 Å². The molecule has 1 amide bonds. The van der Waals surface area contributed by atoms with Gasteiger partial charge in [0.2, 0.25) is 5.91 Å². The quantitative estimate of drug-likeness (QED) is 0.678. The molecule has 70 valence electrons. The first-order valence-electron chi connectivity index (χ1n) is 3.81. The maximum absolute atomic E-state index is 11.1. The Morgan fingerprint density at radius 1 is 1.62 bits per heavy atom. The Balaban J connectivity index is 3.11. The van der Waals surface area contributed by atoms with Gasteiger partial charge in [-0.1, -0.05) is 0 Å². The Morgan fingerprint density at radius 2 is 2.31 bits per heavy atom. The van der Waals surface area contributed by atoms with E-state index in [2.05, 4.69) is 0 Å². The predicted octanol–water partition coefficient (Wildman–Crippen LogP) is -0.604. The van der Waals surface area contributed by atoms with Crippen molar-refractivity contribution in [3.05, 3.63) is 34.2 Å². The number of carbonyl (C=O) groups excluding carboxylic acids is 1. The van der Waals surface area contributed by atoms with E-state index in [9.17, 15) is 9.59 Å². The largest absolute Gasteiger partial charge is 0.411 e. The number of nitrogens with zero attached hydrogens (tertiary/aromatic N) is 1. The Bertz CT molecular complexity index is 370. The number of hydrogen-bond acceptors (Lipinski definition) is 3. The molecule has 0 radical (unpaired) electrons. The van der Waals surface area contributed by atoms with E-state index in [-0.39, 0.29) is 11.1 Å². The summed E-state index contributed by atoms with van der Waals surface area (Å²) in [6.45, 7) is 2.09. The van der Waals surface area contributed by atoms with Gasteiger partial charge in [0.25, 0.3) is 5.56 Å². The molecule has 0 saturated carbocycles. The highest BCUT2D eigenvalue weighted by Gasteiger charge is 2.02.